The van der Waals surface area contributed by atoms with Gasteiger partial charge in [0.1, 0.15) is 23.0 Å². The van der Waals surface area contributed by atoms with Crippen LogP contribution < -0.4 is 9.47 Å². The summed E-state index contributed by atoms with van der Waals surface area (Å²) in [4.78, 5) is 35.6. The van der Waals surface area contributed by atoms with E-state index in [4.69, 9.17) is 28.8 Å². The van der Waals surface area contributed by atoms with Crippen molar-refractivity contribution in [2.75, 3.05) is 13.6 Å². The quantitative estimate of drug-likeness (QED) is 0.242. The number of benzene rings is 2. The number of carbonyl (C=O) groups is 3. The number of carbonyl (C=O) groups excluding carboxylic acids is 3. The zero-order valence-electron chi connectivity index (χ0n) is 18.1. The second kappa shape index (κ2) is 12.0. The highest BCUT2D eigenvalue weighted by Crippen LogP contribution is 2.23. The fourth-order valence-corrected chi connectivity index (χ4v) is 2.79. The minimum absolute atomic E-state index is 0.274. The Bertz CT molecular complexity index is 1100. The van der Waals surface area contributed by atoms with Gasteiger partial charge in [-0.1, -0.05) is 6.58 Å². The summed E-state index contributed by atoms with van der Waals surface area (Å²) in [6.45, 7) is 2.55. The lowest BCUT2D eigenvalue weighted by molar-refractivity contribution is -0.144. The predicted octanol–water partition coefficient (Wildman–Crippen LogP) is 3.66. The fraction of sp³-hybridized carbons (Fsp3) is 0.160. The third kappa shape index (κ3) is 7.07. The van der Waals surface area contributed by atoms with Gasteiger partial charge in [-0.05, 0) is 60.7 Å². The Labute approximate surface area is 195 Å². The van der Waals surface area contributed by atoms with Gasteiger partial charge in [-0.2, -0.15) is 0 Å². The number of aliphatic hydroxyl groups is 1. The molecular formula is C25H22O9. The summed E-state index contributed by atoms with van der Waals surface area (Å²) in [5, 5.41) is 8.74. The van der Waals surface area contributed by atoms with Crippen LogP contribution in [0.4, 0.5) is 0 Å². The highest BCUT2D eigenvalue weighted by atomic mass is 16.7. The maximum Gasteiger partial charge on any atom is 0.343 e. The second-order valence-electron chi connectivity index (χ2n) is 6.80. The molecule has 0 saturated carbocycles. The van der Waals surface area contributed by atoms with Crippen LogP contribution in [0.15, 0.2) is 84.9 Å². The van der Waals surface area contributed by atoms with Crippen LogP contribution in [0.5, 0.6) is 11.5 Å². The molecule has 9 heteroatoms. The van der Waals surface area contributed by atoms with Crippen LogP contribution in [-0.2, 0) is 19.0 Å². The monoisotopic (exact) mass is 466 g/mol. The van der Waals surface area contributed by atoms with Crippen LogP contribution in [0, 0.1) is 0 Å². The van der Waals surface area contributed by atoms with E-state index in [0.717, 1.165) is 6.08 Å². The number of esters is 3. The molecule has 0 heterocycles. The van der Waals surface area contributed by atoms with E-state index >= 15 is 0 Å². The van der Waals surface area contributed by atoms with E-state index in [1.165, 1.54) is 24.3 Å². The molecule has 0 fully saturated rings. The van der Waals surface area contributed by atoms with E-state index < -0.39 is 24.7 Å². The van der Waals surface area contributed by atoms with Gasteiger partial charge < -0.3 is 28.8 Å². The first kappa shape index (κ1) is 24.3. The number of aliphatic hydroxyl groups excluding tert-OH is 1. The molecule has 3 rings (SSSR count). The number of hydrogen-bond donors (Lipinski definition) is 1. The highest BCUT2D eigenvalue weighted by Gasteiger charge is 2.17. The van der Waals surface area contributed by atoms with Crippen LogP contribution in [-0.4, -0.2) is 36.6 Å². The van der Waals surface area contributed by atoms with Crippen molar-refractivity contribution in [1.29, 1.82) is 0 Å². The van der Waals surface area contributed by atoms with Crippen molar-refractivity contribution in [2.45, 2.75) is 12.8 Å². The molecule has 34 heavy (non-hydrogen) atoms. The highest BCUT2D eigenvalue weighted by molar-refractivity contribution is 5.91. The minimum Gasteiger partial charge on any atom is -0.468 e. The standard InChI is InChI=1S/C25H22O9/c1-2-23(27)32-16-31-20-9-5-18(6-10-20)25(29)34-22-13-11-21(12-14-22)33-24(28)17-3-7-19(8-4-17)30-15-26/h2-11,13,26H,1,12,14-16H2. The van der Waals surface area contributed by atoms with E-state index in [1.54, 1.807) is 36.4 Å². The lowest BCUT2D eigenvalue weighted by Crippen LogP contribution is -2.10. The van der Waals surface area contributed by atoms with Crippen LogP contribution >= 0.6 is 0 Å². The first-order chi connectivity index (χ1) is 16.5. The molecule has 0 unspecified atom stereocenters. The average Bonchev–Trinajstić information content (AvgIpc) is 2.86. The zero-order valence-corrected chi connectivity index (χ0v) is 18.1. The molecule has 0 radical (unpaired) electrons. The topological polar surface area (TPSA) is 118 Å². The molecule has 0 amide bonds. The SMILES string of the molecule is C=CC(=O)OCOc1ccc(C(=O)OC2=CC=C(OC(=O)c3ccc(OCO)cc3)CC2)cc1. The Kier molecular flexibility index (Phi) is 8.59. The van der Waals surface area contributed by atoms with Gasteiger partial charge in [0, 0.05) is 18.9 Å². The van der Waals surface area contributed by atoms with Crippen LogP contribution in [0.2, 0.25) is 0 Å². The summed E-state index contributed by atoms with van der Waals surface area (Å²) in [6.07, 6.45) is 4.94. The van der Waals surface area contributed by atoms with Gasteiger partial charge in [0.2, 0.25) is 6.79 Å². The van der Waals surface area contributed by atoms with Crippen molar-refractivity contribution in [1.82, 2.24) is 0 Å². The molecule has 0 atom stereocenters. The van der Waals surface area contributed by atoms with Gasteiger partial charge in [-0.15, -0.1) is 0 Å². The van der Waals surface area contributed by atoms with E-state index in [1.807, 2.05) is 0 Å². The van der Waals surface area contributed by atoms with Crippen molar-refractivity contribution in [3.63, 3.8) is 0 Å². The number of rotatable bonds is 10. The molecule has 0 spiro atoms. The fourth-order valence-electron chi connectivity index (χ4n) is 2.79. The lowest BCUT2D eigenvalue weighted by atomic mass is 10.1. The van der Waals surface area contributed by atoms with Gasteiger partial charge in [0.15, 0.2) is 6.79 Å². The maximum atomic E-state index is 12.4. The summed E-state index contributed by atoms with van der Waals surface area (Å²) in [7, 11) is 0. The van der Waals surface area contributed by atoms with E-state index in [-0.39, 0.29) is 6.79 Å². The van der Waals surface area contributed by atoms with Crippen molar-refractivity contribution in [3.05, 3.63) is 96.0 Å². The van der Waals surface area contributed by atoms with Gasteiger partial charge in [-0.25, -0.2) is 14.4 Å². The maximum absolute atomic E-state index is 12.4. The molecule has 1 aliphatic carbocycles. The molecule has 176 valence electrons. The van der Waals surface area contributed by atoms with Crippen molar-refractivity contribution in [3.8, 4) is 11.5 Å². The van der Waals surface area contributed by atoms with E-state index in [2.05, 4.69) is 6.58 Å². The molecule has 0 bridgehead atoms. The van der Waals surface area contributed by atoms with Gasteiger partial charge >= 0.3 is 17.9 Å². The van der Waals surface area contributed by atoms with Crippen LogP contribution in [0.25, 0.3) is 0 Å². The van der Waals surface area contributed by atoms with Gasteiger partial charge in [-0.3, -0.25) is 0 Å². The molecule has 0 aliphatic heterocycles. The first-order valence-corrected chi connectivity index (χ1v) is 10.2. The number of hydrogen-bond acceptors (Lipinski definition) is 9. The number of allylic oxidation sites excluding steroid dienone is 4. The normalized spacial score (nSPS) is 12.5. The lowest BCUT2D eigenvalue weighted by Gasteiger charge is -2.15. The number of ether oxygens (including phenoxy) is 5. The second-order valence-corrected chi connectivity index (χ2v) is 6.80. The summed E-state index contributed by atoms with van der Waals surface area (Å²) in [5.74, 6) is 0.0472. The Hall–Kier alpha value is -4.37. The average molecular weight is 466 g/mol. The van der Waals surface area contributed by atoms with Crippen molar-refractivity contribution in [2.24, 2.45) is 0 Å². The first-order valence-electron chi connectivity index (χ1n) is 10.2. The summed E-state index contributed by atoms with van der Waals surface area (Å²) in [5.41, 5.74) is 0.643. The Balaban J connectivity index is 1.50. The minimum atomic E-state index is -0.601. The molecule has 2 aromatic carbocycles. The molecular weight excluding hydrogens is 444 g/mol. The third-order valence-corrected chi connectivity index (χ3v) is 4.53. The van der Waals surface area contributed by atoms with Crippen molar-refractivity contribution >= 4 is 17.9 Å². The Morgan fingerprint density at radius 2 is 1.26 bits per heavy atom. The van der Waals surface area contributed by atoms with Gasteiger partial charge in [0.25, 0.3) is 0 Å². The summed E-state index contributed by atoms with van der Waals surface area (Å²) < 4.78 is 25.6. The Morgan fingerprint density at radius 3 is 1.68 bits per heavy atom. The predicted molar refractivity (Wildman–Crippen MR) is 119 cm³/mol. The van der Waals surface area contributed by atoms with Gasteiger partial charge in [0.05, 0.1) is 11.1 Å². The Morgan fingerprint density at radius 1 is 0.794 bits per heavy atom. The molecule has 0 saturated heterocycles. The summed E-state index contributed by atoms with van der Waals surface area (Å²) >= 11 is 0. The largest absolute Gasteiger partial charge is 0.468 e. The molecule has 9 nitrogen and oxygen atoms in total. The molecule has 2 aromatic rings. The van der Waals surface area contributed by atoms with Crippen molar-refractivity contribution < 1.29 is 43.2 Å². The smallest absolute Gasteiger partial charge is 0.343 e. The molecule has 0 aromatic heterocycles. The van der Waals surface area contributed by atoms with Crippen LogP contribution in [0.3, 0.4) is 0 Å². The van der Waals surface area contributed by atoms with Crippen LogP contribution in [0.1, 0.15) is 33.6 Å². The zero-order chi connectivity index (χ0) is 24.3. The molecule has 1 aliphatic rings. The third-order valence-electron chi connectivity index (χ3n) is 4.53. The van der Waals surface area contributed by atoms with E-state index in [0.29, 0.717) is 47.0 Å². The summed E-state index contributed by atoms with van der Waals surface area (Å²) in [6, 6.07) is 12.3. The molecule has 1 N–H and O–H groups in total. The van der Waals surface area contributed by atoms with E-state index in [9.17, 15) is 14.4 Å².